The second-order valence-electron chi connectivity index (χ2n) is 9.62. The Morgan fingerprint density at radius 1 is 1.31 bits per heavy atom. The van der Waals surface area contributed by atoms with Gasteiger partial charge in [-0.1, -0.05) is 5.16 Å². The number of carbonyl (C=O) groups is 2. The number of piperidine rings is 1. The normalized spacial score (nSPS) is 16.8. The van der Waals surface area contributed by atoms with Gasteiger partial charge in [-0.2, -0.15) is 0 Å². The Bertz CT molecular complexity index is 962. The average Bonchev–Trinajstić information content (AvgIpc) is 2.85. The summed E-state index contributed by atoms with van der Waals surface area (Å²) in [6.07, 6.45) is 6.55. The van der Waals surface area contributed by atoms with E-state index in [4.69, 9.17) is 14.7 Å². The summed E-state index contributed by atoms with van der Waals surface area (Å²) < 4.78 is 19.8. The van der Waals surface area contributed by atoms with Gasteiger partial charge < -0.3 is 24.9 Å². The molecule has 8 nitrogen and oxygen atoms in total. The first kappa shape index (κ1) is 26.7. The van der Waals surface area contributed by atoms with Gasteiger partial charge in [0.15, 0.2) is 17.2 Å². The van der Waals surface area contributed by atoms with Crippen LogP contribution >= 0.6 is 0 Å². The first-order chi connectivity index (χ1) is 16.7. The average molecular weight is 490 g/mol. The number of hydrogen-bond donors (Lipinski definition) is 2. The number of amidine groups is 1. The number of allylic oxidation sites excluding steroid dienone is 1. The Hall–Kier alpha value is -2.94. The maximum Gasteiger partial charge on any atom is 0.251 e. The third-order valence-electron chi connectivity index (χ3n) is 6.38. The van der Waals surface area contributed by atoms with E-state index in [2.05, 4.69) is 15.4 Å². The van der Waals surface area contributed by atoms with E-state index in [9.17, 15) is 14.0 Å². The lowest BCUT2D eigenvalue weighted by Gasteiger charge is -2.34. The molecule has 35 heavy (non-hydrogen) atoms. The minimum absolute atomic E-state index is 0.191. The zero-order chi connectivity index (χ0) is 25.4. The number of nitrogens with one attached hydrogen (secondary N) is 1. The molecule has 0 bridgehead atoms. The highest BCUT2D eigenvalue weighted by molar-refractivity contribution is 5.98. The molecule has 0 atom stereocenters. The first-order valence-electron chi connectivity index (χ1n) is 12.2. The fourth-order valence-corrected chi connectivity index (χ4v) is 4.25. The van der Waals surface area contributed by atoms with Gasteiger partial charge in [0.25, 0.3) is 5.91 Å². The van der Waals surface area contributed by atoms with Gasteiger partial charge in [0.05, 0.1) is 13.2 Å². The SMILES string of the molecule is Cc1cc(OCCCC2CCN(C3=NOC(C(C)(C)F)=CC3)CC2)ccc1C(=O)NCC(=O)CO. The molecule has 0 unspecified atom stereocenters. The number of likely N-dealkylation sites (tertiary alicyclic amines) is 1. The van der Waals surface area contributed by atoms with E-state index in [1.165, 1.54) is 13.8 Å². The van der Waals surface area contributed by atoms with Gasteiger partial charge in [-0.15, -0.1) is 0 Å². The fraction of sp³-hybridized carbons (Fsp3) is 0.577. The zero-order valence-corrected chi connectivity index (χ0v) is 20.8. The van der Waals surface area contributed by atoms with Crippen molar-refractivity contribution in [3.8, 4) is 5.75 Å². The molecule has 192 valence electrons. The topological polar surface area (TPSA) is 100 Å². The molecule has 0 aromatic heterocycles. The summed E-state index contributed by atoms with van der Waals surface area (Å²) in [5, 5.41) is 15.4. The number of aliphatic hydroxyl groups is 1. The van der Waals surface area contributed by atoms with Crippen molar-refractivity contribution in [2.75, 3.05) is 32.8 Å². The lowest BCUT2D eigenvalue weighted by atomic mass is 9.92. The highest BCUT2D eigenvalue weighted by Gasteiger charge is 2.29. The molecule has 2 aliphatic rings. The molecule has 0 saturated carbocycles. The molecule has 1 aromatic rings. The van der Waals surface area contributed by atoms with Crippen LogP contribution in [-0.4, -0.2) is 66.0 Å². The fourth-order valence-electron chi connectivity index (χ4n) is 4.25. The summed E-state index contributed by atoms with van der Waals surface area (Å²) in [6.45, 7) is 6.41. The van der Waals surface area contributed by atoms with Gasteiger partial charge in [-0.3, -0.25) is 9.59 Å². The van der Waals surface area contributed by atoms with Crippen LogP contribution in [0.25, 0.3) is 0 Å². The Labute approximate surface area is 206 Å². The Morgan fingerprint density at radius 2 is 2.06 bits per heavy atom. The number of oxime groups is 1. The number of amides is 1. The molecule has 3 rings (SSSR count). The summed E-state index contributed by atoms with van der Waals surface area (Å²) in [7, 11) is 0. The zero-order valence-electron chi connectivity index (χ0n) is 20.8. The van der Waals surface area contributed by atoms with Crippen molar-refractivity contribution in [3.05, 3.63) is 41.2 Å². The Morgan fingerprint density at radius 3 is 2.66 bits per heavy atom. The van der Waals surface area contributed by atoms with Crippen molar-refractivity contribution in [1.29, 1.82) is 0 Å². The molecule has 1 amide bonds. The third kappa shape index (κ3) is 7.78. The maximum atomic E-state index is 14.0. The molecular formula is C26H36FN3O5. The number of rotatable bonds is 10. The number of ether oxygens (including phenoxy) is 1. The highest BCUT2D eigenvalue weighted by Crippen LogP contribution is 2.28. The van der Waals surface area contributed by atoms with E-state index in [-0.39, 0.29) is 18.2 Å². The van der Waals surface area contributed by atoms with Crippen LogP contribution in [0.3, 0.4) is 0 Å². The van der Waals surface area contributed by atoms with Crippen LogP contribution in [0.1, 0.15) is 61.9 Å². The van der Waals surface area contributed by atoms with Crippen molar-refractivity contribution in [2.45, 2.75) is 58.5 Å². The van der Waals surface area contributed by atoms with E-state index < -0.39 is 18.1 Å². The lowest BCUT2D eigenvalue weighted by molar-refractivity contribution is -0.120. The van der Waals surface area contributed by atoms with E-state index >= 15 is 0 Å². The number of carbonyl (C=O) groups excluding carboxylic acids is 2. The number of ketones is 1. The van der Waals surface area contributed by atoms with Gasteiger partial charge in [-0.25, -0.2) is 4.39 Å². The van der Waals surface area contributed by atoms with Gasteiger partial charge >= 0.3 is 0 Å². The predicted molar refractivity (Wildman–Crippen MR) is 131 cm³/mol. The molecular weight excluding hydrogens is 453 g/mol. The summed E-state index contributed by atoms with van der Waals surface area (Å²) in [5.74, 6) is 1.69. The predicted octanol–water partition coefficient (Wildman–Crippen LogP) is 3.52. The molecule has 2 heterocycles. The number of alkyl halides is 1. The van der Waals surface area contributed by atoms with Gasteiger partial charge in [0.1, 0.15) is 18.2 Å². The van der Waals surface area contributed by atoms with Crippen molar-refractivity contribution >= 4 is 17.5 Å². The number of Topliss-reactive ketones (excluding diaryl/α,β-unsaturated/α-hetero) is 1. The van der Waals surface area contributed by atoms with Gasteiger partial charge in [0, 0.05) is 25.1 Å². The van der Waals surface area contributed by atoms with Crippen molar-refractivity contribution in [1.82, 2.24) is 10.2 Å². The summed E-state index contributed by atoms with van der Waals surface area (Å²) in [4.78, 5) is 30.9. The van der Waals surface area contributed by atoms with Crippen LogP contribution < -0.4 is 10.1 Å². The van der Waals surface area contributed by atoms with E-state index in [0.29, 0.717) is 30.3 Å². The molecule has 1 aromatic carbocycles. The number of aliphatic hydroxyl groups excluding tert-OH is 1. The Balaban J connectivity index is 1.35. The number of nitrogens with zero attached hydrogens (tertiary/aromatic N) is 2. The molecule has 2 N–H and O–H groups in total. The molecule has 1 saturated heterocycles. The molecule has 0 aliphatic carbocycles. The standard InChI is InChI=1S/C26H36FN3O5/c1-18-15-21(6-7-22(18)25(33)28-16-20(32)17-31)34-14-4-5-19-10-12-30(13-11-19)24-9-8-23(35-29-24)26(2,3)27/h6-8,15,19,31H,4-5,9-14,16-17H2,1-3H3,(H,28,33). The first-order valence-corrected chi connectivity index (χ1v) is 12.2. The van der Waals surface area contributed by atoms with Crippen molar-refractivity contribution < 1.29 is 28.7 Å². The van der Waals surface area contributed by atoms with Gasteiger partial charge in [0.2, 0.25) is 0 Å². The van der Waals surface area contributed by atoms with Crippen molar-refractivity contribution in [2.24, 2.45) is 11.1 Å². The summed E-state index contributed by atoms with van der Waals surface area (Å²) in [5.41, 5.74) is -0.278. The Kier molecular flexibility index (Phi) is 9.26. The quantitative estimate of drug-likeness (QED) is 0.488. The number of benzene rings is 1. The number of hydrogen-bond acceptors (Lipinski definition) is 7. The second-order valence-corrected chi connectivity index (χ2v) is 9.62. The van der Waals surface area contributed by atoms with Crippen molar-refractivity contribution in [3.63, 3.8) is 0 Å². The van der Waals surface area contributed by atoms with Crippen LogP contribution in [0.2, 0.25) is 0 Å². The second kappa shape index (κ2) is 12.2. The smallest absolute Gasteiger partial charge is 0.251 e. The minimum Gasteiger partial charge on any atom is -0.494 e. The lowest BCUT2D eigenvalue weighted by Crippen LogP contribution is -2.39. The van der Waals surface area contributed by atoms with E-state index in [1.54, 1.807) is 18.2 Å². The van der Waals surface area contributed by atoms with E-state index in [0.717, 1.165) is 50.2 Å². The summed E-state index contributed by atoms with van der Waals surface area (Å²) >= 11 is 0. The number of aryl methyl sites for hydroxylation is 1. The highest BCUT2D eigenvalue weighted by atomic mass is 19.1. The van der Waals surface area contributed by atoms with Crippen LogP contribution in [0.15, 0.2) is 35.2 Å². The molecule has 0 spiro atoms. The largest absolute Gasteiger partial charge is 0.494 e. The van der Waals surface area contributed by atoms with Gasteiger partial charge in [-0.05, 0) is 82.2 Å². The number of halogens is 1. The van der Waals surface area contributed by atoms with E-state index in [1.807, 2.05) is 13.0 Å². The third-order valence-corrected chi connectivity index (χ3v) is 6.38. The van der Waals surface area contributed by atoms with Crippen LogP contribution in [0.5, 0.6) is 5.75 Å². The summed E-state index contributed by atoms with van der Waals surface area (Å²) in [6, 6.07) is 5.26. The van der Waals surface area contributed by atoms with Crippen LogP contribution in [0.4, 0.5) is 4.39 Å². The molecule has 1 fully saturated rings. The molecule has 0 radical (unpaired) electrons. The molecule has 9 heteroatoms. The minimum atomic E-state index is -1.51. The maximum absolute atomic E-state index is 14.0. The monoisotopic (exact) mass is 489 g/mol. The van der Waals surface area contributed by atoms with Crippen LogP contribution in [-0.2, 0) is 9.63 Å². The van der Waals surface area contributed by atoms with Crippen LogP contribution in [0, 0.1) is 12.8 Å². The molecule has 2 aliphatic heterocycles.